The van der Waals surface area contributed by atoms with Gasteiger partial charge in [-0.25, -0.2) is 15.0 Å². The Hall–Kier alpha value is -3.03. The molecule has 3 rings (SSSR count). The van der Waals surface area contributed by atoms with E-state index in [-0.39, 0.29) is 11.7 Å². The van der Waals surface area contributed by atoms with Crippen LogP contribution in [0.1, 0.15) is 23.4 Å². The first-order valence-electron chi connectivity index (χ1n) is 6.43. The van der Waals surface area contributed by atoms with Gasteiger partial charge in [0.2, 0.25) is 5.82 Å². The predicted octanol–water partition coefficient (Wildman–Crippen LogP) is 1.20. The standard InChI is InChI=1S/C13H13N7O/c1-2-10-17-12(19-18-10)13(21)16-9-3-4-11(15-7-9)20-6-5-14-8-20/h3-8H,2H2,1H3,(H,16,21)(H,17,18,19). The molecular weight excluding hydrogens is 270 g/mol. The van der Waals surface area contributed by atoms with Crippen molar-refractivity contribution < 1.29 is 4.79 Å². The lowest BCUT2D eigenvalue weighted by molar-refractivity contribution is 0.101. The van der Waals surface area contributed by atoms with Crippen LogP contribution in [-0.2, 0) is 6.42 Å². The average Bonchev–Trinajstić information content (AvgIpc) is 3.19. The van der Waals surface area contributed by atoms with Crippen LogP contribution in [0.3, 0.4) is 0 Å². The number of pyridine rings is 1. The summed E-state index contributed by atoms with van der Waals surface area (Å²) in [6.07, 6.45) is 7.38. The normalized spacial score (nSPS) is 10.5. The first-order valence-corrected chi connectivity index (χ1v) is 6.43. The molecule has 3 heterocycles. The Morgan fingerprint density at radius 3 is 2.95 bits per heavy atom. The highest BCUT2D eigenvalue weighted by Gasteiger charge is 2.12. The third kappa shape index (κ3) is 2.78. The van der Waals surface area contributed by atoms with E-state index in [0.29, 0.717) is 17.9 Å². The number of amides is 1. The number of hydrogen-bond donors (Lipinski definition) is 2. The number of hydrogen-bond acceptors (Lipinski definition) is 5. The molecule has 0 radical (unpaired) electrons. The van der Waals surface area contributed by atoms with Crippen LogP contribution in [0.2, 0.25) is 0 Å². The number of rotatable bonds is 4. The van der Waals surface area contributed by atoms with Crippen molar-refractivity contribution in [2.75, 3.05) is 5.32 Å². The van der Waals surface area contributed by atoms with E-state index >= 15 is 0 Å². The first kappa shape index (κ1) is 13.0. The first-order chi connectivity index (χ1) is 10.3. The van der Waals surface area contributed by atoms with E-state index in [2.05, 4.69) is 30.5 Å². The molecule has 0 bridgehead atoms. The molecule has 0 aliphatic heterocycles. The highest BCUT2D eigenvalue weighted by Crippen LogP contribution is 2.10. The predicted molar refractivity (Wildman–Crippen MR) is 75.1 cm³/mol. The highest BCUT2D eigenvalue weighted by molar-refractivity contribution is 6.01. The summed E-state index contributed by atoms with van der Waals surface area (Å²) in [4.78, 5) is 24.2. The molecule has 106 valence electrons. The Labute approximate surface area is 120 Å². The number of aromatic amines is 1. The second-order valence-electron chi connectivity index (χ2n) is 4.29. The number of anilines is 1. The van der Waals surface area contributed by atoms with Crippen LogP contribution in [0.25, 0.3) is 5.82 Å². The van der Waals surface area contributed by atoms with E-state index in [0.717, 1.165) is 5.82 Å². The molecule has 0 aromatic carbocycles. The van der Waals surface area contributed by atoms with Gasteiger partial charge in [0.05, 0.1) is 11.9 Å². The summed E-state index contributed by atoms with van der Waals surface area (Å²) in [5.41, 5.74) is 0.576. The summed E-state index contributed by atoms with van der Waals surface area (Å²) < 4.78 is 1.77. The lowest BCUT2D eigenvalue weighted by Gasteiger charge is -2.04. The molecule has 2 N–H and O–H groups in total. The molecule has 0 saturated carbocycles. The van der Waals surface area contributed by atoms with Crippen molar-refractivity contribution in [3.05, 3.63) is 48.7 Å². The van der Waals surface area contributed by atoms with Gasteiger partial charge in [-0.05, 0) is 12.1 Å². The fourth-order valence-corrected chi connectivity index (χ4v) is 1.75. The lowest BCUT2D eigenvalue weighted by atomic mass is 10.4. The van der Waals surface area contributed by atoms with Gasteiger partial charge in [-0.2, -0.15) is 0 Å². The number of H-pyrrole nitrogens is 1. The molecule has 1 amide bonds. The molecule has 0 spiro atoms. The monoisotopic (exact) mass is 283 g/mol. The van der Waals surface area contributed by atoms with Crippen molar-refractivity contribution in [2.24, 2.45) is 0 Å². The van der Waals surface area contributed by atoms with Gasteiger partial charge in [-0.1, -0.05) is 6.92 Å². The summed E-state index contributed by atoms with van der Waals surface area (Å²) in [6, 6.07) is 3.54. The summed E-state index contributed by atoms with van der Waals surface area (Å²) in [5.74, 6) is 1.14. The fraction of sp³-hybridized carbons (Fsp3) is 0.154. The van der Waals surface area contributed by atoms with E-state index in [1.54, 1.807) is 41.6 Å². The molecule has 0 aliphatic rings. The zero-order chi connectivity index (χ0) is 14.7. The number of aryl methyl sites for hydroxylation is 1. The van der Waals surface area contributed by atoms with Crippen molar-refractivity contribution in [1.82, 2.24) is 29.7 Å². The van der Waals surface area contributed by atoms with Crippen molar-refractivity contribution in [2.45, 2.75) is 13.3 Å². The molecule has 8 nitrogen and oxygen atoms in total. The quantitative estimate of drug-likeness (QED) is 0.749. The molecule has 8 heteroatoms. The molecule has 0 atom stereocenters. The number of aromatic nitrogens is 6. The topological polar surface area (TPSA) is 101 Å². The molecular formula is C13H13N7O. The Morgan fingerprint density at radius 1 is 1.43 bits per heavy atom. The smallest absolute Gasteiger partial charge is 0.295 e. The van der Waals surface area contributed by atoms with Gasteiger partial charge < -0.3 is 5.32 Å². The molecule has 0 fully saturated rings. The van der Waals surface area contributed by atoms with E-state index in [9.17, 15) is 4.79 Å². The van der Waals surface area contributed by atoms with Crippen LogP contribution in [0.4, 0.5) is 5.69 Å². The second kappa shape index (κ2) is 5.53. The fourth-order valence-electron chi connectivity index (χ4n) is 1.75. The van der Waals surface area contributed by atoms with Crippen molar-refractivity contribution in [3.63, 3.8) is 0 Å². The van der Waals surface area contributed by atoms with Crippen molar-refractivity contribution >= 4 is 11.6 Å². The minimum absolute atomic E-state index is 0.116. The van der Waals surface area contributed by atoms with Crippen molar-refractivity contribution in [3.8, 4) is 5.82 Å². The molecule has 0 aliphatic carbocycles. The van der Waals surface area contributed by atoms with Gasteiger partial charge in [0.1, 0.15) is 18.0 Å². The Kier molecular flexibility index (Phi) is 3.42. The van der Waals surface area contributed by atoms with Gasteiger partial charge in [-0.3, -0.25) is 14.5 Å². The minimum Gasteiger partial charge on any atom is -0.318 e. The third-order valence-corrected chi connectivity index (χ3v) is 2.84. The third-order valence-electron chi connectivity index (χ3n) is 2.84. The summed E-state index contributed by atoms with van der Waals surface area (Å²) in [7, 11) is 0. The van der Waals surface area contributed by atoms with Crippen LogP contribution < -0.4 is 5.32 Å². The minimum atomic E-state index is -0.372. The molecule has 3 aromatic rings. The van der Waals surface area contributed by atoms with Crippen molar-refractivity contribution in [1.29, 1.82) is 0 Å². The van der Waals surface area contributed by atoms with Gasteiger partial charge >= 0.3 is 0 Å². The Balaban J connectivity index is 1.71. The second-order valence-corrected chi connectivity index (χ2v) is 4.29. The molecule has 0 saturated heterocycles. The van der Waals surface area contributed by atoms with Gasteiger partial charge in [-0.15, -0.1) is 5.10 Å². The van der Waals surface area contributed by atoms with Crippen LogP contribution in [0, 0.1) is 0 Å². The van der Waals surface area contributed by atoms with E-state index in [4.69, 9.17) is 0 Å². The number of carbonyl (C=O) groups excluding carboxylic acids is 1. The van der Waals surface area contributed by atoms with Gasteiger partial charge in [0.15, 0.2) is 0 Å². The number of nitrogens with zero attached hydrogens (tertiary/aromatic N) is 5. The zero-order valence-electron chi connectivity index (χ0n) is 11.3. The number of imidazole rings is 1. The Morgan fingerprint density at radius 2 is 2.33 bits per heavy atom. The number of carbonyl (C=O) groups is 1. The van der Waals surface area contributed by atoms with Crippen LogP contribution in [0.5, 0.6) is 0 Å². The largest absolute Gasteiger partial charge is 0.318 e. The summed E-state index contributed by atoms with van der Waals surface area (Å²) in [6.45, 7) is 1.93. The highest BCUT2D eigenvalue weighted by atomic mass is 16.2. The zero-order valence-corrected chi connectivity index (χ0v) is 11.3. The van der Waals surface area contributed by atoms with E-state index in [1.165, 1.54) is 0 Å². The van der Waals surface area contributed by atoms with Gasteiger partial charge in [0, 0.05) is 18.8 Å². The molecule has 21 heavy (non-hydrogen) atoms. The average molecular weight is 283 g/mol. The molecule has 3 aromatic heterocycles. The van der Waals surface area contributed by atoms with Gasteiger partial charge in [0.25, 0.3) is 5.91 Å². The summed E-state index contributed by atoms with van der Waals surface area (Å²) in [5, 5.41) is 9.26. The SMILES string of the molecule is CCc1nc(C(=O)Nc2ccc(-n3ccnc3)nc2)n[nH]1. The lowest BCUT2D eigenvalue weighted by Crippen LogP contribution is -2.14. The van der Waals surface area contributed by atoms with E-state index in [1.807, 2.05) is 6.92 Å². The van der Waals surface area contributed by atoms with Crippen LogP contribution >= 0.6 is 0 Å². The maximum absolute atomic E-state index is 12.0. The molecule has 0 unspecified atom stereocenters. The Bertz CT molecular complexity index is 730. The van der Waals surface area contributed by atoms with E-state index < -0.39 is 0 Å². The maximum Gasteiger partial charge on any atom is 0.295 e. The maximum atomic E-state index is 12.0. The summed E-state index contributed by atoms with van der Waals surface area (Å²) >= 11 is 0. The van der Waals surface area contributed by atoms with Crippen LogP contribution in [0.15, 0.2) is 37.1 Å². The van der Waals surface area contributed by atoms with Crippen LogP contribution in [-0.4, -0.2) is 35.6 Å². The number of nitrogens with one attached hydrogen (secondary N) is 2.